The van der Waals surface area contributed by atoms with E-state index in [1.54, 1.807) is 19.2 Å². The Kier molecular flexibility index (Phi) is 3.77. The predicted octanol–water partition coefficient (Wildman–Crippen LogP) is 2.44. The summed E-state index contributed by atoms with van der Waals surface area (Å²) in [5.74, 6) is 0.656. The van der Waals surface area contributed by atoms with E-state index in [9.17, 15) is 4.79 Å². The van der Waals surface area contributed by atoms with Crippen molar-refractivity contribution < 1.29 is 4.52 Å². The zero-order valence-electron chi connectivity index (χ0n) is 12.8. The van der Waals surface area contributed by atoms with E-state index in [1.807, 2.05) is 31.2 Å². The van der Waals surface area contributed by atoms with E-state index in [0.717, 1.165) is 11.3 Å². The van der Waals surface area contributed by atoms with E-state index in [2.05, 4.69) is 10.1 Å². The van der Waals surface area contributed by atoms with Gasteiger partial charge in [-0.25, -0.2) is 0 Å². The molecule has 0 amide bonds. The highest BCUT2D eigenvalue weighted by atomic mass is 16.5. The molecule has 3 heterocycles. The summed E-state index contributed by atoms with van der Waals surface area (Å²) in [7, 11) is 0. The maximum atomic E-state index is 12.6. The van der Waals surface area contributed by atoms with Crippen LogP contribution in [0.2, 0.25) is 0 Å². The molecule has 0 radical (unpaired) electrons. The standard InChI is InChI=1S/C17H14N4O2/c1-11-14(12(2)23-20-11)10-21-16(15-5-3-4-8-19-15)7-6-13(9-18)17(21)22/h3-8H,10H2,1-2H3. The van der Waals surface area contributed by atoms with Gasteiger partial charge in [0.1, 0.15) is 17.4 Å². The molecule has 0 aromatic carbocycles. The second-order valence-electron chi connectivity index (χ2n) is 5.15. The van der Waals surface area contributed by atoms with Crippen LogP contribution in [0.25, 0.3) is 11.4 Å². The number of hydrogen-bond donors (Lipinski definition) is 0. The number of aryl methyl sites for hydroxylation is 2. The lowest BCUT2D eigenvalue weighted by Gasteiger charge is -2.12. The second kappa shape index (κ2) is 5.89. The molecule has 0 N–H and O–H groups in total. The van der Waals surface area contributed by atoms with E-state index in [-0.39, 0.29) is 17.7 Å². The molecule has 3 aromatic rings. The van der Waals surface area contributed by atoms with Crippen molar-refractivity contribution in [3.63, 3.8) is 0 Å². The van der Waals surface area contributed by atoms with Crippen LogP contribution >= 0.6 is 0 Å². The number of nitriles is 1. The molecule has 0 spiro atoms. The topological polar surface area (TPSA) is 84.7 Å². The van der Waals surface area contributed by atoms with Crippen molar-refractivity contribution in [3.05, 3.63) is 69.5 Å². The first-order valence-corrected chi connectivity index (χ1v) is 7.09. The van der Waals surface area contributed by atoms with Crippen LogP contribution in [0.3, 0.4) is 0 Å². The number of aromatic nitrogens is 3. The van der Waals surface area contributed by atoms with Gasteiger partial charge in [-0.3, -0.25) is 9.78 Å². The van der Waals surface area contributed by atoms with Gasteiger partial charge >= 0.3 is 0 Å². The lowest BCUT2D eigenvalue weighted by Crippen LogP contribution is -2.25. The zero-order valence-corrected chi connectivity index (χ0v) is 12.8. The Morgan fingerprint density at radius 2 is 2.09 bits per heavy atom. The molecule has 0 saturated carbocycles. The highest BCUT2D eigenvalue weighted by Gasteiger charge is 2.16. The van der Waals surface area contributed by atoms with Gasteiger partial charge in [0.25, 0.3) is 5.56 Å². The third-order valence-electron chi connectivity index (χ3n) is 3.72. The van der Waals surface area contributed by atoms with E-state index >= 15 is 0 Å². The minimum atomic E-state index is -0.351. The van der Waals surface area contributed by atoms with Gasteiger partial charge in [0, 0.05) is 11.8 Å². The molecule has 0 aliphatic rings. The van der Waals surface area contributed by atoms with Gasteiger partial charge in [0.2, 0.25) is 0 Å². The SMILES string of the molecule is Cc1noc(C)c1Cn1c(-c2ccccn2)ccc(C#N)c1=O. The van der Waals surface area contributed by atoms with Gasteiger partial charge in [0.05, 0.1) is 23.6 Å². The van der Waals surface area contributed by atoms with Crippen LogP contribution in [-0.2, 0) is 6.54 Å². The molecule has 0 atom stereocenters. The monoisotopic (exact) mass is 306 g/mol. The summed E-state index contributed by atoms with van der Waals surface area (Å²) >= 11 is 0. The van der Waals surface area contributed by atoms with Crippen LogP contribution in [0.15, 0.2) is 45.8 Å². The van der Waals surface area contributed by atoms with Crippen molar-refractivity contribution in [1.29, 1.82) is 5.26 Å². The van der Waals surface area contributed by atoms with Gasteiger partial charge in [-0.1, -0.05) is 11.2 Å². The number of hydrogen-bond acceptors (Lipinski definition) is 5. The van der Waals surface area contributed by atoms with Crippen molar-refractivity contribution >= 4 is 0 Å². The average molecular weight is 306 g/mol. The van der Waals surface area contributed by atoms with Crippen molar-refractivity contribution in [2.75, 3.05) is 0 Å². The maximum Gasteiger partial charge on any atom is 0.269 e. The van der Waals surface area contributed by atoms with Gasteiger partial charge in [-0.15, -0.1) is 0 Å². The van der Waals surface area contributed by atoms with Crippen LogP contribution in [0.5, 0.6) is 0 Å². The Balaban J connectivity index is 2.21. The number of rotatable bonds is 3. The minimum Gasteiger partial charge on any atom is -0.361 e. The van der Waals surface area contributed by atoms with Gasteiger partial charge in [0.15, 0.2) is 0 Å². The first-order chi connectivity index (χ1) is 11.1. The third kappa shape index (κ3) is 2.64. The Bertz CT molecular complexity index is 929. The first kappa shape index (κ1) is 14.7. The normalized spacial score (nSPS) is 10.5. The number of nitrogens with zero attached hydrogens (tertiary/aromatic N) is 4. The second-order valence-corrected chi connectivity index (χ2v) is 5.15. The molecule has 0 aliphatic carbocycles. The van der Waals surface area contributed by atoms with Crippen LogP contribution in [0.1, 0.15) is 22.6 Å². The van der Waals surface area contributed by atoms with Crippen LogP contribution in [0.4, 0.5) is 0 Å². The average Bonchev–Trinajstić information content (AvgIpc) is 2.89. The van der Waals surface area contributed by atoms with Gasteiger partial charge in [-0.05, 0) is 38.1 Å². The highest BCUT2D eigenvalue weighted by molar-refractivity contribution is 5.55. The largest absolute Gasteiger partial charge is 0.361 e. The van der Waals surface area contributed by atoms with E-state index in [4.69, 9.17) is 9.78 Å². The molecule has 0 unspecified atom stereocenters. The molecule has 6 heteroatoms. The molecule has 23 heavy (non-hydrogen) atoms. The van der Waals surface area contributed by atoms with Crippen molar-refractivity contribution in [3.8, 4) is 17.5 Å². The lowest BCUT2D eigenvalue weighted by molar-refractivity contribution is 0.392. The Labute approximate surface area is 132 Å². The fraction of sp³-hybridized carbons (Fsp3) is 0.176. The predicted molar refractivity (Wildman–Crippen MR) is 83.7 cm³/mol. The number of pyridine rings is 2. The molecule has 0 fully saturated rings. The Morgan fingerprint density at radius 1 is 1.26 bits per heavy atom. The fourth-order valence-corrected chi connectivity index (χ4v) is 2.44. The van der Waals surface area contributed by atoms with Gasteiger partial charge < -0.3 is 9.09 Å². The van der Waals surface area contributed by atoms with E-state index in [0.29, 0.717) is 17.1 Å². The molecule has 3 rings (SSSR count). The Hall–Kier alpha value is -3.20. The molecule has 3 aromatic heterocycles. The molecule has 0 aliphatic heterocycles. The Morgan fingerprint density at radius 3 is 2.70 bits per heavy atom. The van der Waals surface area contributed by atoms with Crippen molar-refractivity contribution in [2.24, 2.45) is 0 Å². The summed E-state index contributed by atoms with van der Waals surface area (Å²) in [6.07, 6.45) is 1.66. The third-order valence-corrected chi connectivity index (χ3v) is 3.72. The van der Waals surface area contributed by atoms with Crippen molar-refractivity contribution in [2.45, 2.75) is 20.4 Å². The molecule has 114 valence electrons. The summed E-state index contributed by atoms with van der Waals surface area (Å²) in [5.41, 5.74) is 2.62. The summed E-state index contributed by atoms with van der Waals surface area (Å²) < 4.78 is 6.70. The molecule has 0 bridgehead atoms. The van der Waals surface area contributed by atoms with Gasteiger partial charge in [-0.2, -0.15) is 5.26 Å². The molecule has 0 saturated heterocycles. The summed E-state index contributed by atoms with van der Waals surface area (Å²) in [5, 5.41) is 13.0. The minimum absolute atomic E-state index is 0.0939. The molecule has 6 nitrogen and oxygen atoms in total. The summed E-state index contributed by atoms with van der Waals surface area (Å²) in [4.78, 5) is 16.9. The fourth-order valence-electron chi connectivity index (χ4n) is 2.44. The van der Waals surface area contributed by atoms with Crippen molar-refractivity contribution in [1.82, 2.24) is 14.7 Å². The smallest absolute Gasteiger partial charge is 0.269 e. The van der Waals surface area contributed by atoms with E-state index in [1.165, 1.54) is 10.6 Å². The molecular formula is C17H14N4O2. The summed E-state index contributed by atoms with van der Waals surface area (Å²) in [6, 6.07) is 10.7. The lowest BCUT2D eigenvalue weighted by atomic mass is 10.1. The quantitative estimate of drug-likeness (QED) is 0.742. The van der Waals surface area contributed by atoms with E-state index < -0.39 is 0 Å². The molecular weight excluding hydrogens is 292 g/mol. The van der Waals surface area contributed by atoms with Crippen LogP contribution < -0.4 is 5.56 Å². The first-order valence-electron chi connectivity index (χ1n) is 7.09. The highest BCUT2D eigenvalue weighted by Crippen LogP contribution is 2.19. The van der Waals surface area contributed by atoms with Crippen LogP contribution in [-0.4, -0.2) is 14.7 Å². The zero-order chi connectivity index (χ0) is 16.4. The maximum absolute atomic E-state index is 12.6. The van der Waals surface area contributed by atoms with Crippen LogP contribution in [0, 0.1) is 25.2 Å². The summed E-state index contributed by atoms with van der Waals surface area (Å²) in [6.45, 7) is 3.90.